The Labute approximate surface area is 121 Å². The molecule has 0 amide bonds. The van der Waals surface area contributed by atoms with E-state index < -0.39 is 0 Å². The zero-order valence-corrected chi connectivity index (χ0v) is 12.5. The molecule has 4 saturated carbocycles. The molecule has 4 bridgehead atoms. The van der Waals surface area contributed by atoms with Gasteiger partial charge in [0.25, 0.3) is 0 Å². The fourth-order valence-corrected chi connectivity index (χ4v) is 7.21. The Bertz CT molecular complexity index is 431. The monoisotopic (exact) mass is 274 g/mol. The molecule has 4 aliphatic carbocycles. The van der Waals surface area contributed by atoms with Crippen molar-refractivity contribution in [3.05, 3.63) is 0 Å². The van der Waals surface area contributed by atoms with Gasteiger partial charge in [-0.2, -0.15) is 0 Å². The number of aldehydes is 2. The van der Waals surface area contributed by atoms with E-state index in [4.69, 9.17) is 0 Å². The summed E-state index contributed by atoms with van der Waals surface area (Å²) in [7, 11) is 0. The smallest absolute Gasteiger partial charge is 0.126 e. The van der Waals surface area contributed by atoms with Crippen LogP contribution in [0.2, 0.25) is 0 Å². The van der Waals surface area contributed by atoms with Crippen LogP contribution in [0.1, 0.15) is 51.9 Å². The van der Waals surface area contributed by atoms with Crippen molar-refractivity contribution in [2.24, 2.45) is 46.8 Å². The Morgan fingerprint density at radius 1 is 1.10 bits per heavy atom. The molecule has 0 aromatic heterocycles. The molecule has 20 heavy (non-hydrogen) atoms. The Balaban J connectivity index is 1.59. The molecule has 0 heterocycles. The first-order valence-electron chi connectivity index (χ1n) is 8.64. The molecule has 0 aromatic rings. The van der Waals surface area contributed by atoms with Crippen molar-refractivity contribution in [2.75, 3.05) is 0 Å². The van der Waals surface area contributed by atoms with Crippen LogP contribution < -0.4 is 0 Å². The van der Waals surface area contributed by atoms with Gasteiger partial charge in [0.15, 0.2) is 0 Å². The minimum atomic E-state index is 0.0194. The average molecular weight is 274 g/mol. The molecule has 0 aromatic carbocycles. The number of fused-ring (bicyclic) bond motifs is 9. The molecule has 4 rings (SSSR count). The third-order valence-electron chi connectivity index (χ3n) is 7.76. The maximum Gasteiger partial charge on any atom is 0.126 e. The molecule has 2 heteroatoms. The van der Waals surface area contributed by atoms with Crippen LogP contribution >= 0.6 is 0 Å². The second kappa shape index (κ2) is 4.42. The number of carbonyl (C=O) groups excluding carboxylic acids is 2. The second-order valence-electron chi connectivity index (χ2n) is 8.07. The Hall–Kier alpha value is -0.660. The molecule has 0 saturated heterocycles. The lowest BCUT2D eigenvalue weighted by molar-refractivity contribution is -0.122. The maximum absolute atomic E-state index is 11.8. The van der Waals surface area contributed by atoms with E-state index in [9.17, 15) is 9.59 Å². The first kappa shape index (κ1) is 13.0. The summed E-state index contributed by atoms with van der Waals surface area (Å²) in [6, 6.07) is 0. The van der Waals surface area contributed by atoms with Gasteiger partial charge in [-0.15, -0.1) is 0 Å². The molecule has 0 radical (unpaired) electrons. The van der Waals surface area contributed by atoms with E-state index in [0.29, 0.717) is 5.92 Å². The summed E-state index contributed by atoms with van der Waals surface area (Å²) >= 11 is 0. The van der Waals surface area contributed by atoms with Gasteiger partial charge in [0, 0.05) is 11.8 Å². The number of rotatable bonds is 5. The summed E-state index contributed by atoms with van der Waals surface area (Å²) in [5.41, 5.74) is 0.0194. The molecular formula is C18H26O2. The van der Waals surface area contributed by atoms with Gasteiger partial charge in [-0.3, -0.25) is 0 Å². The van der Waals surface area contributed by atoms with Gasteiger partial charge in [0.05, 0.1) is 0 Å². The van der Waals surface area contributed by atoms with Crippen molar-refractivity contribution < 1.29 is 9.59 Å². The minimum absolute atomic E-state index is 0.0194. The zero-order chi connectivity index (χ0) is 13.9. The molecule has 4 fully saturated rings. The summed E-state index contributed by atoms with van der Waals surface area (Å²) < 4.78 is 0. The summed E-state index contributed by atoms with van der Waals surface area (Å²) in [6.45, 7) is 2.21. The Morgan fingerprint density at radius 2 is 1.95 bits per heavy atom. The predicted octanol–water partition coefficient (Wildman–Crippen LogP) is 3.49. The third-order valence-corrected chi connectivity index (χ3v) is 7.76. The van der Waals surface area contributed by atoms with Gasteiger partial charge < -0.3 is 9.59 Å². The molecule has 8 atom stereocenters. The van der Waals surface area contributed by atoms with Crippen molar-refractivity contribution in [1.82, 2.24) is 0 Å². The lowest BCUT2D eigenvalue weighted by atomic mass is 9.58. The van der Waals surface area contributed by atoms with Crippen LogP contribution in [0.3, 0.4) is 0 Å². The molecule has 0 spiro atoms. The highest BCUT2D eigenvalue weighted by molar-refractivity contribution is 5.61. The molecule has 8 unspecified atom stereocenters. The first-order valence-corrected chi connectivity index (χ1v) is 8.64. The maximum atomic E-state index is 11.8. The van der Waals surface area contributed by atoms with Gasteiger partial charge in [0.1, 0.15) is 12.6 Å². The van der Waals surface area contributed by atoms with Crippen LogP contribution in [0.5, 0.6) is 0 Å². The van der Waals surface area contributed by atoms with E-state index in [0.717, 1.165) is 61.1 Å². The van der Waals surface area contributed by atoms with Gasteiger partial charge in [-0.25, -0.2) is 0 Å². The summed E-state index contributed by atoms with van der Waals surface area (Å²) in [5, 5.41) is 0. The Kier molecular flexibility index (Phi) is 2.88. The van der Waals surface area contributed by atoms with E-state index in [1.807, 2.05) is 0 Å². The van der Waals surface area contributed by atoms with Crippen molar-refractivity contribution in [1.29, 1.82) is 0 Å². The highest BCUT2D eigenvalue weighted by atomic mass is 16.1. The van der Waals surface area contributed by atoms with E-state index in [1.54, 1.807) is 0 Å². The molecule has 0 N–H and O–H groups in total. The second-order valence-corrected chi connectivity index (χ2v) is 8.07. The molecule has 0 aliphatic heterocycles. The van der Waals surface area contributed by atoms with Crippen molar-refractivity contribution in [2.45, 2.75) is 51.9 Å². The van der Waals surface area contributed by atoms with Crippen LogP contribution in [-0.4, -0.2) is 12.6 Å². The highest BCUT2D eigenvalue weighted by Gasteiger charge is 2.67. The summed E-state index contributed by atoms with van der Waals surface area (Å²) in [6.07, 6.45) is 10.6. The van der Waals surface area contributed by atoms with Crippen LogP contribution in [0, 0.1) is 46.8 Å². The van der Waals surface area contributed by atoms with E-state index in [1.165, 1.54) is 32.0 Å². The van der Waals surface area contributed by atoms with Gasteiger partial charge in [0.2, 0.25) is 0 Å². The summed E-state index contributed by atoms with van der Waals surface area (Å²) in [5.74, 6) is 5.84. The fourth-order valence-electron chi connectivity index (χ4n) is 7.21. The highest BCUT2D eigenvalue weighted by Crippen LogP contribution is 2.73. The van der Waals surface area contributed by atoms with Crippen LogP contribution in [0.15, 0.2) is 0 Å². The number of hydrogen-bond acceptors (Lipinski definition) is 2. The van der Waals surface area contributed by atoms with Gasteiger partial charge in [-0.05, 0) is 80.0 Å². The zero-order valence-electron chi connectivity index (χ0n) is 12.5. The van der Waals surface area contributed by atoms with Crippen molar-refractivity contribution in [3.8, 4) is 0 Å². The molecule has 110 valence electrons. The largest absolute Gasteiger partial charge is 0.303 e. The van der Waals surface area contributed by atoms with E-state index in [-0.39, 0.29) is 5.41 Å². The van der Waals surface area contributed by atoms with Crippen molar-refractivity contribution >= 4 is 12.6 Å². The SMILES string of the molecule is CCC1(C=O)CC2CC1C1C3CC(CC3CCC=O)C21. The average Bonchev–Trinajstić information content (AvgIpc) is 3.20. The van der Waals surface area contributed by atoms with Crippen molar-refractivity contribution in [3.63, 3.8) is 0 Å². The Morgan fingerprint density at radius 3 is 2.65 bits per heavy atom. The fraction of sp³-hybridized carbons (Fsp3) is 0.889. The standard InChI is InChI=1S/C18H26O2/c1-2-18(10-20)9-13-8-15(18)17-14-7-12(16(13)17)6-11(14)4-3-5-19/h5,10-17H,2-4,6-9H2,1H3. The quantitative estimate of drug-likeness (QED) is 0.568. The third kappa shape index (κ3) is 1.46. The lowest BCUT2D eigenvalue weighted by Gasteiger charge is -2.45. The lowest BCUT2D eigenvalue weighted by Crippen LogP contribution is -2.42. The van der Waals surface area contributed by atoms with E-state index >= 15 is 0 Å². The van der Waals surface area contributed by atoms with Crippen LogP contribution in [0.25, 0.3) is 0 Å². The number of carbonyl (C=O) groups is 2. The molecule has 4 aliphatic rings. The first-order chi connectivity index (χ1) is 9.74. The number of hydrogen-bond donors (Lipinski definition) is 0. The molecular weight excluding hydrogens is 248 g/mol. The predicted molar refractivity (Wildman–Crippen MR) is 77.0 cm³/mol. The van der Waals surface area contributed by atoms with E-state index in [2.05, 4.69) is 6.92 Å². The van der Waals surface area contributed by atoms with Gasteiger partial charge >= 0.3 is 0 Å². The molecule has 2 nitrogen and oxygen atoms in total. The minimum Gasteiger partial charge on any atom is -0.303 e. The van der Waals surface area contributed by atoms with Crippen LogP contribution in [-0.2, 0) is 9.59 Å². The summed E-state index contributed by atoms with van der Waals surface area (Å²) in [4.78, 5) is 22.4. The van der Waals surface area contributed by atoms with Gasteiger partial charge in [-0.1, -0.05) is 6.92 Å². The van der Waals surface area contributed by atoms with Crippen LogP contribution in [0.4, 0.5) is 0 Å². The topological polar surface area (TPSA) is 34.1 Å². The normalized spacial score (nSPS) is 55.1.